The fourth-order valence-corrected chi connectivity index (χ4v) is 4.37. The van der Waals surface area contributed by atoms with Crippen LogP contribution in [-0.2, 0) is 22.6 Å². The van der Waals surface area contributed by atoms with Gasteiger partial charge in [-0.05, 0) is 18.4 Å². The van der Waals surface area contributed by atoms with Crippen LogP contribution in [0.3, 0.4) is 0 Å². The fourth-order valence-electron chi connectivity index (χ4n) is 3.40. The first-order valence-corrected chi connectivity index (χ1v) is 11.4. The minimum Gasteiger partial charge on any atom is -0.340 e. The van der Waals surface area contributed by atoms with E-state index < -0.39 is 0 Å². The van der Waals surface area contributed by atoms with Gasteiger partial charge in [-0.3, -0.25) is 14.5 Å². The second-order valence-electron chi connectivity index (χ2n) is 8.29. The maximum Gasteiger partial charge on any atom is 0.226 e. The van der Waals surface area contributed by atoms with E-state index in [1.807, 2.05) is 4.90 Å². The lowest BCUT2D eigenvalue weighted by Crippen LogP contribution is -2.48. The Hall–Kier alpha value is -2.32. The molecule has 2 amide bonds. The average Bonchev–Trinajstić information content (AvgIpc) is 3.14. The van der Waals surface area contributed by atoms with Crippen LogP contribution in [0.1, 0.15) is 42.8 Å². The topological polar surface area (TPSA) is 78.4 Å². The molecule has 3 rings (SSSR count). The first-order chi connectivity index (χ1) is 14.4. The molecule has 162 valence electrons. The Morgan fingerprint density at radius 3 is 2.43 bits per heavy atom. The lowest BCUT2D eigenvalue weighted by atomic mass is 10.1. The van der Waals surface area contributed by atoms with Crippen molar-refractivity contribution in [3.8, 4) is 0 Å². The van der Waals surface area contributed by atoms with Gasteiger partial charge in [-0.15, -0.1) is 10.2 Å². The first kappa shape index (κ1) is 22.4. The summed E-state index contributed by atoms with van der Waals surface area (Å²) < 4.78 is 0. The molecule has 30 heavy (non-hydrogen) atoms. The zero-order valence-electron chi connectivity index (χ0n) is 18.1. The molecule has 0 aliphatic carbocycles. The largest absolute Gasteiger partial charge is 0.340 e. The second-order valence-corrected chi connectivity index (χ2v) is 9.35. The van der Waals surface area contributed by atoms with E-state index in [1.165, 1.54) is 22.5 Å². The van der Waals surface area contributed by atoms with Crippen molar-refractivity contribution in [2.24, 2.45) is 5.92 Å². The van der Waals surface area contributed by atoms with Gasteiger partial charge in [0.2, 0.25) is 16.9 Å². The lowest BCUT2D eigenvalue weighted by Gasteiger charge is -2.34. The first-order valence-electron chi connectivity index (χ1n) is 10.6. The maximum atomic E-state index is 12.5. The lowest BCUT2D eigenvalue weighted by molar-refractivity contribution is -0.134. The zero-order chi connectivity index (χ0) is 21.5. The van der Waals surface area contributed by atoms with Gasteiger partial charge < -0.3 is 10.2 Å². The molecular formula is C22H31N5O2S. The Kier molecular flexibility index (Phi) is 7.93. The van der Waals surface area contributed by atoms with Gasteiger partial charge in [-0.2, -0.15) is 0 Å². The molecule has 1 fully saturated rings. The molecule has 1 aromatic heterocycles. The van der Waals surface area contributed by atoms with Gasteiger partial charge >= 0.3 is 0 Å². The molecule has 2 aromatic rings. The number of carbonyl (C=O) groups is 2. The van der Waals surface area contributed by atoms with Gasteiger partial charge in [0.1, 0.15) is 5.01 Å². The number of aryl methyl sites for hydroxylation is 1. The highest BCUT2D eigenvalue weighted by Crippen LogP contribution is 2.18. The van der Waals surface area contributed by atoms with Crippen molar-refractivity contribution in [2.45, 2.75) is 46.6 Å². The quantitative estimate of drug-likeness (QED) is 0.698. The minimum absolute atomic E-state index is 0.0397. The van der Waals surface area contributed by atoms with Crippen LogP contribution in [0.25, 0.3) is 0 Å². The van der Waals surface area contributed by atoms with Gasteiger partial charge in [0.15, 0.2) is 0 Å². The summed E-state index contributed by atoms with van der Waals surface area (Å²) in [6.45, 7) is 10.4. The molecule has 1 aromatic carbocycles. The number of rotatable bonds is 8. The molecule has 0 unspecified atom stereocenters. The minimum atomic E-state index is -0.186. The highest BCUT2D eigenvalue weighted by molar-refractivity contribution is 7.15. The zero-order valence-corrected chi connectivity index (χ0v) is 18.9. The summed E-state index contributed by atoms with van der Waals surface area (Å²) in [4.78, 5) is 28.9. The van der Waals surface area contributed by atoms with Crippen molar-refractivity contribution < 1.29 is 9.59 Å². The van der Waals surface area contributed by atoms with Crippen LogP contribution >= 0.6 is 11.3 Å². The van der Waals surface area contributed by atoms with E-state index in [0.29, 0.717) is 24.1 Å². The van der Waals surface area contributed by atoms with Crippen LogP contribution in [0.5, 0.6) is 0 Å². The number of hydrogen-bond acceptors (Lipinski definition) is 6. The molecule has 0 radical (unpaired) electrons. The Bertz CT molecular complexity index is 841. The molecule has 0 bridgehead atoms. The van der Waals surface area contributed by atoms with Crippen molar-refractivity contribution in [1.82, 2.24) is 20.0 Å². The van der Waals surface area contributed by atoms with Crippen molar-refractivity contribution in [3.63, 3.8) is 0 Å². The van der Waals surface area contributed by atoms with Crippen LogP contribution in [0.2, 0.25) is 0 Å². The van der Waals surface area contributed by atoms with Gasteiger partial charge in [-0.1, -0.05) is 55.0 Å². The Morgan fingerprint density at radius 2 is 1.77 bits per heavy atom. The number of hydrogen-bond donors (Lipinski definition) is 1. The normalized spacial score (nSPS) is 14.9. The van der Waals surface area contributed by atoms with Crippen molar-refractivity contribution in [3.05, 3.63) is 40.4 Å². The second kappa shape index (κ2) is 10.6. The van der Waals surface area contributed by atoms with Crippen molar-refractivity contribution in [1.29, 1.82) is 0 Å². The highest BCUT2D eigenvalue weighted by atomic mass is 32.1. The van der Waals surface area contributed by atoms with E-state index in [0.717, 1.165) is 31.1 Å². The van der Waals surface area contributed by atoms with Gasteiger partial charge in [0.25, 0.3) is 0 Å². The molecule has 1 N–H and O–H groups in total. The Morgan fingerprint density at radius 1 is 1.07 bits per heavy atom. The highest BCUT2D eigenvalue weighted by Gasteiger charge is 2.21. The Labute approximate surface area is 182 Å². The van der Waals surface area contributed by atoms with Gasteiger partial charge in [-0.25, -0.2) is 0 Å². The summed E-state index contributed by atoms with van der Waals surface area (Å²) in [6.07, 6.45) is 1.24. The van der Waals surface area contributed by atoms with Crippen molar-refractivity contribution in [2.75, 3.05) is 31.5 Å². The molecule has 8 heteroatoms. The predicted molar refractivity (Wildman–Crippen MR) is 119 cm³/mol. The number of benzene rings is 1. The van der Waals surface area contributed by atoms with E-state index in [9.17, 15) is 9.59 Å². The molecule has 1 saturated heterocycles. The van der Waals surface area contributed by atoms with E-state index >= 15 is 0 Å². The molecule has 0 spiro atoms. The number of nitrogens with one attached hydrogen (secondary N) is 1. The van der Waals surface area contributed by atoms with E-state index in [4.69, 9.17) is 0 Å². The summed E-state index contributed by atoms with van der Waals surface area (Å²) >= 11 is 1.40. The number of piperazine rings is 1. The number of amides is 2. The van der Waals surface area contributed by atoms with Crippen LogP contribution in [0.4, 0.5) is 5.13 Å². The summed E-state index contributed by atoms with van der Waals surface area (Å²) in [6, 6.07) is 8.59. The molecule has 1 aliphatic rings. The van der Waals surface area contributed by atoms with Crippen LogP contribution in [0, 0.1) is 12.8 Å². The monoisotopic (exact) mass is 429 g/mol. The summed E-state index contributed by atoms with van der Waals surface area (Å²) in [5.74, 6) is 0.350. The third-order valence-electron chi connectivity index (χ3n) is 5.11. The fraction of sp³-hybridized carbons (Fsp3) is 0.545. The molecule has 7 nitrogen and oxygen atoms in total. The van der Waals surface area contributed by atoms with Crippen molar-refractivity contribution >= 4 is 28.3 Å². The molecular weight excluding hydrogens is 398 g/mol. The maximum absolute atomic E-state index is 12.5. The molecule has 1 aliphatic heterocycles. The molecule has 2 heterocycles. The summed E-state index contributed by atoms with van der Waals surface area (Å²) in [7, 11) is 0. The number of aromatic nitrogens is 2. The van der Waals surface area contributed by atoms with Crippen LogP contribution in [0.15, 0.2) is 24.3 Å². The van der Waals surface area contributed by atoms with Crippen LogP contribution in [-0.4, -0.2) is 58.0 Å². The number of nitrogens with zero attached hydrogens (tertiary/aromatic N) is 4. The van der Waals surface area contributed by atoms with Gasteiger partial charge in [0, 0.05) is 52.0 Å². The third kappa shape index (κ3) is 6.88. The summed E-state index contributed by atoms with van der Waals surface area (Å²) in [5.41, 5.74) is 2.56. The number of anilines is 1. The van der Waals surface area contributed by atoms with Crippen LogP contribution < -0.4 is 5.32 Å². The Balaban J connectivity index is 1.36. The smallest absolute Gasteiger partial charge is 0.226 e. The number of carbonyl (C=O) groups excluding carboxylic acids is 2. The summed E-state index contributed by atoms with van der Waals surface area (Å²) in [5, 5.41) is 12.3. The van der Waals surface area contributed by atoms with E-state index in [2.05, 4.69) is 65.5 Å². The van der Waals surface area contributed by atoms with E-state index in [1.54, 1.807) is 0 Å². The van der Waals surface area contributed by atoms with Gasteiger partial charge in [0.05, 0.1) is 0 Å². The average molecular weight is 430 g/mol. The standard InChI is InChI=1S/C22H31N5O2S/c1-16(2)14-20-24-25-22(30-20)23-19(28)8-9-21(29)27-12-10-26(11-13-27)15-18-6-4-17(3)5-7-18/h4-7,16H,8-15H2,1-3H3,(H,23,25,28). The molecule has 0 saturated carbocycles. The van der Waals surface area contributed by atoms with E-state index in [-0.39, 0.29) is 24.7 Å². The predicted octanol–water partition coefficient (Wildman–Crippen LogP) is 3.11. The molecule has 0 atom stereocenters. The SMILES string of the molecule is Cc1ccc(CN2CCN(C(=O)CCC(=O)Nc3nnc(CC(C)C)s3)CC2)cc1. The third-order valence-corrected chi connectivity index (χ3v) is 5.97.